The highest BCUT2D eigenvalue weighted by Gasteiger charge is 2.28. The van der Waals surface area contributed by atoms with Gasteiger partial charge in [-0.15, -0.1) is 0 Å². The van der Waals surface area contributed by atoms with E-state index in [0.29, 0.717) is 6.29 Å². The summed E-state index contributed by atoms with van der Waals surface area (Å²) in [5, 5.41) is 8.93. The molecule has 0 aliphatic heterocycles. The standard InChI is InChI=1S/C12H17NO5S/c14-7-10-3-1-2-9(10)6-13-19(16,17)12-5-4-11(8-15)18-12/h4-5,8-10,13-14H,1-3,6-7H2. The molecule has 1 saturated carbocycles. The van der Waals surface area contributed by atoms with Gasteiger partial charge in [-0.3, -0.25) is 4.79 Å². The molecule has 7 heteroatoms. The molecule has 0 bridgehead atoms. The lowest BCUT2D eigenvalue weighted by molar-refractivity contribution is 0.109. The van der Waals surface area contributed by atoms with E-state index in [1.165, 1.54) is 12.1 Å². The molecule has 2 atom stereocenters. The van der Waals surface area contributed by atoms with Crippen LogP contribution >= 0.6 is 0 Å². The van der Waals surface area contributed by atoms with Gasteiger partial charge in [-0.05, 0) is 36.8 Å². The van der Waals surface area contributed by atoms with E-state index in [1.54, 1.807) is 0 Å². The van der Waals surface area contributed by atoms with Crippen molar-refractivity contribution in [3.05, 3.63) is 17.9 Å². The SMILES string of the molecule is O=Cc1ccc(S(=O)(=O)NCC2CCCC2CO)o1. The molecule has 1 aliphatic carbocycles. The second-order valence-electron chi connectivity index (χ2n) is 4.76. The first-order valence-electron chi connectivity index (χ1n) is 6.22. The van der Waals surface area contributed by atoms with Crippen LogP contribution in [0.5, 0.6) is 0 Å². The molecule has 0 amide bonds. The zero-order valence-electron chi connectivity index (χ0n) is 10.4. The fourth-order valence-electron chi connectivity index (χ4n) is 2.45. The van der Waals surface area contributed by atoms with Crippen molar-refractivity contribution in [3.63, 3.8) is 0 Å². The van der Waals surface area contributed by atoms with Gasteiger partial charge in [0.25, 0.3) is 10.0 Å². The third-order valence-electron chi connectivity index (χ3n) is 3.57. The molecule has 0 spiro atoms. The average molecular weight is 287 g/mol. The largest absolute Gasteiger partial charge is 0.440 e. The maximum absolute atomic E-state index is 11.9. The summed E-state index contributed by atoms with van der Waals surface area (Å²) < 4.78 is 31.2. The van der Waals surface area contributed by atoms with Crippen LogP contribution in [0.4, 0.5) is 0 Å². The fraction of sp³-hybridized carbons (Fsp3) is 0.583. The normalized spacial score (nSPS) is 23.6. The van der Waals surface area contributed by atoms with Crippen LogP contribution in [0.1, 0.15) is 29.8 Å². The van der Waals surface area contributed by atoms with E-state index in [9.17, 15) is 18.3 Å². The zero-order chi connectivity index (χ0) is 13.9. The molecule has 0 aromatic carbocycles. The first-order valence-corrected chi connectivity index (χ1v) is 7.70. The highest BCUT2D eigenvalue weighted by Crippen LogP contribution is 2.31. The van der Waals surface area contributed by atoms with E-state index >= 15 is 0 Å². The lowest BCUT2D eigenvalue weighted by Crippen LogP contribution is -2.31. The topological polar surface area (TPSA) is 96.6 Å². The first kappa shape index (κ1) is 14.2. The van der Waals surface area contributed by atoms with Gasteiger partial charge in [0.05, 0.1) is 0 Å². The molecule has 0 radical (unpaired) electrons. The van der Waals surface area contributed by atoms with Crippen molar-refractivity contribution in [2.75, 3.05) is 13.2 Å². The number of furan rings is 1. The number of sulfonamides is 1. The van der Waals surface area contributed by atoms with Crippen LogP contribution in [-0.2, 0) is 10.0 Å². The number of aldehydes is 1. The van der Waals surface area contributed by atoms with Crippen molar-refractivity contribution < 1.29 is 22.7 Å². The molecule has 2 unspecified atom stereocenters. The highest BCUT2D eigenvalue weighted by molar-refractivity contribution is 7.89. The molecule has 1 heterocycles. The van der Waals surface area contributed by atoms with Crippen LogP contribution in [0.3, 0.4) is 0 Å². The summed E-state index contributed by atoms with van der Waals surface area (Å²) in [6, 6.07) is 2.57. The van der Waals surface area contributed by atoms with Gasteiger partial charge in [0.2, 0.25) is 5.09 Å². The van der Waals surface area contributed by atoms with E-state index in [1.807, 2.05) is 0 Å². The van der Waals surface area contributed by atoms with Crippen molar-refractivity contribution >= 4 is 16.3 Å². The van der Waals surface area contributed by atoms with Crippen molar-refractivity contribution in [1.29, 1.82) is 0 Å². The molecule has 1 aromatic heterocycles. The molecule has 1 fully saturated rings. The molecule has 1 aromatic rings. The average Bonchev–Trinajstić information content (AvgIpc) is 3.05. The summed E-state index contributed by atoms with van der Waals surface area (Å²) in [6.45, 7) is 0.368. The molecule has 2 rings (SSSR count). The Hall–Kier alpha value is -1.18. The van der Waals surface area contributed by atoms with Gasteiger partial charge in [0, 0.05) is 13.2 Å². The monoisotopic (exact) mass is 287 g/mol. The second kappa shape index (κ2) is 5.85. The lowest BCUT2D eigenvalue weighted by atomic mass is 9.97. The number of aliphatic hydroxyl groups excluding tert-OH is 1. The van der Waals surface area contributed by atoms with E-state index < -0.39 is 10.0 Å². The van der Waals surface area contributed by atoms with Crippen molar-refractivity contribution in [3.8, 4) is 0 Å². The van der Waals surface area contributed by atoms with Crippen molar-refractivity contribution in [2.24, 2.45) is 11.8 Å². The van der Waals surface area contributed by atoms with E-state index in [0.717, 1.165) is 19.3 Å². The van der Waals surface area contributed by atoms with Crippen LogP contribution in [0, 0.1) is 11.8 Å². The van der Waals surface area contributed by atoms with Crippen LogP contribution in [0.25, 0.3) is 0 Å². The molecule has 19 heavy (non-hydrogen) atoms. The number of aliphatic hydroxyl groups is 1. The third kappa shape index (κ3) is 3.23. The van der Waals surface area contributed by atoms with Crippen molar-refractivity contribution in [1.82, 2.24) is 4.72 Å². The summed E-state index contributed by atoms with van der Waals surface area (Å²) in [5.41, 5.74) is 0. The Balaban J connectivity index is 1.99. The number of carbonyl (C=O) groups is 1. The lowest BCUT2D eigenvalue weighted by Gasteiger charge is -2.17. The van der Waals surface area contributed by atoms with E-state index in [2.05, 4.69) is 4.72 Å². The molecular weight excluding hydrogens is 270 g/mol. The first-order chi connectivity index (χ1) is 9.06. The number of hydrogen-bond donors (Lipinski definition) is 2. The maximum Gasteiger partial charge on any atom is 0.273 e. The number of rotatable bonds is 6. The quantitative estimate of drug-likeness (QED) is 0.754. The summed E-state index contributed by atoms with van der Waals surface area (Å²) in [7, 11) is -3.73. The molecule has 2 N–H and O–H groups in total. The van der Waals surface area contributed by atoms with E-state index in [-0.39, 0.29) is 35.8 Å². The van der Waals surface area contributed by atoms with Gasteiger partial charge in [-0.25, -0.2) is 13.1 Å². The Morgan fingerprint density at radius 1 is 1.37 bits per heavy atom. The number of carbonyl (C=O) groups excluding carboxylic acids is 1. The minimum absolute atomic E-state index is 0.0190. The van der Waals surface area contributed by atoms with E-state index in [4.69, 9.17) is 4.42 Å². The minimum Gasteiger partial charge on any atom is -0.440 e. The Morgan fingerprint density at radius 3 is 2.74 bits per heavy atom. The van der Waals surface area contributed by atoms with Crippen molar-refractivity contribution in [2.45, 2.75) is 24.4 Å². The Kier molecular flexibility index (Phi) is 4.38. The summed E-state index contributed by atoms with van der Waals surface area (Å²) in [4.78, 5) is 10.5. The predicted molar refractivity (Wildman–Crippen MR) is 67.2 cm³/mol. The Labute approximate surface area is 111 Å². The van der Waals surface area contributed by atoms with Gasteiger partial charge in [0.1, 0.15) is 0 Å². The predicted octanol–water partition coefficient (Wildman–Crippen LogP) is 0.779. The summed E-state index contributed by atoms with van der Waals surface area (Å²) >= 11 is 0. The van der Waals surface area contributed by atoms with Gasteiger partial charge < -0.3 is 9.52 Å². The van der Waals surface area contributed by atoms with Crippen LogP contribution < -0.4 is 4.72 Å². The number of nitrogens with one attached hydrogen (secondary N) is 1. The third-order valence-corrected chi connectivity index (χ3v) is 4.87. The maximum atomic E-state index is 11.9. The Bertz CT molecular complexity index is 536. The summed E-state index contributed by atoms with van der Waals surface area (Å²) in [6.07, 6.45) is 3.30. The molecule has 1 aliphatic rings. The molecular formula is C12H17NO5S. The van der Waals surface area contributed by atoms with Crippen LogP contribution in [0.15, 0.2) is 21.6 Å². The Morgan fingerprint density at radius 2 is 2.11 bits per heavy atom. The van der Waals surface area contributed by atoms with Gasteiger partial charge >= 0.3 is 0 Å². The second-order valence-corrected chi connectivity index (χ2v) is 6.46. The van der Waals surface area contributed by atoms with Crippen LogP contribution in [0.2, 0.25) is 0 Å². The smallest absolute Gasteiger partial charge is 0.273 e. The number of hydrogen-bond acceptors (Lipinski definition) is 5. The fourth-order valence-corrected chi connectivity index (χ4v) is 3.48. The van der Waals surface area contributed by atoms with Gasteiger partial charge in [0.15, 0.2) is 12.0 Å². The molecule has 0 saturated heterocycles. The highest BCUT2D eigenvalue weighted by atomic mass is 32.2. The van der Waals surface area contributed by atoms with Crippen LogP contribution in [-0.4, -0.2) is 33.0 Å². The zero-order valence-corrected chi connectivity index (χ0v) is 11.2. The molecule has 6 nitrogen and oxygen atoms in total. The minimum atomic E-state index is -3.73. The molecule has 106 valence electrons. The van der Waals surface area contributed by atoms with Gasteiger partial charge in [-0.2, -0.15) is 0 Å². The van der Waals surface area contributed by atoms with Gasteiger partial charge in [-0.1, -0.05) is 6.42 Å². The summed E-state index contributed by atoms with van der Waals surface area (Å²) in [5.74, 6) is 0.291.